The molecule has 0 bridgehead atoms. The maximum atomic E-state index is 13.0. The molecule has 1 aliphatic rings. The van der Waals surface area contributed by atoms with Crippen molar-refractivity contribution >= 4 is 5.97 Å². The number of nitrogens with two attached hydrogens (primary N) is 1. The predicted octanol–water partition coefficient (Wildman–Crippen LogP) is 1.35. The number of alkyl halides is 2. The van der Waals surface area contributed by atoms with Crippen LogP contribution in [0.2, 0.25) is 0 Å². The van der Waals surface area contributed by atoms with Crippen LogP contribution in [0.3, 0.4) is 0 Å². The second-order valence-corrected chi connectivity index (χ2v) is 4.14. The highest BCUT2D eigenvalue weighted by atomic mass is 19.3. The highest BCUT2D eigenvalue weighted by Gasteiger charge is 2.23. The van der Waals surface area contributed by atoms with Gasteiger partial charge in [-0.15, -0.1) is 0 Å². The van der Waals surface area contributed by atoms with Crippen LogP contribution in [0.5, 0.6) is 11.5 Å². The van der Waals surface area contributed by atoms with Crippen LogP contribution >= 0.6 is 0 Å². The summed E-state index contributed by atoms with van der Waals surface area (Å²) in [6.45, 7) is 0.620. The number of benzene rings is 1. The van der Waals surface area contributed by atoms with Crippen LogP contribution in [0.1, 0.15) is 17.6 Å². The molecule has 19 heavy (non-hydrogen) atoms. The summed E-state index contributed by atoms with van der Waals surface area (Å²) in [6.07, 6.45) is -2.92. The van der Waals surface area contributed by atoms with Crippen LogP contribution in [0.25, 0.3) is 0 Å². The van der Waals surface area contributed by atoms with Crippen molar-refractivity contribution in [2.75, 3.05) is 13.2 Å². The van der Waals surface area contributed by atoms with Gasteiger partial charge in [0.1, 0.15) is 19.3 Å². The summed E-state index contributed by atoms with van der Waals surface area (Å²) < 4.78 is 36.4. The number of rotatable bonds is 4. The summed E-state index contributed by atoms with van der Waals surface area (Å²) in [5.74, 6) is -0.660. The third-order valence-electron chi connectivity index (χ3n) is 2.80. The van der Waals surface area contributed by atoms with Gasteiger partial charge in [0.2, 0.25) is 0 Å². The predicted molar refractivity (Wildman–Crippen MR) is 61.7 cm³/mol. The molecule has 0 aliphatic carbocycles. The van der Waals surface area contributed by atoms with Gasteiger partial charge in [0.25, 0.3) is 6.43 Å². The lowest BCUT2D eigenvalue weighted by Crippen LogP contribution is -2.32. The summed E-state index contributed by atoms with van der Waals surface area (Å²) in [5, 5.41) is 8.74. The quantitative estimate of drug-likeness (QED) is 0.865. The molecule has 0 aromatic heterocycles. The Morgan fingerprint density at radius 1 is 1.32 bits per heavy atom. The second kappa shape index (κ2) is 5.40. The molecule has 0 radical (unpaired) electrons. The van der Waals surface area contributed by atoms with E-state index in [-0.39, 0.29) is 23.3 Å². The minimum atomic E-state index is -2.73. The number of carbonyl (C=O) groups is 1. The summed E-state index contributed by atoms with van der Waals surface area (Å²) in [6, 6.07) is 1.32. The fourth-order valence-corrected chi connectivity index (χ4v) is 1.85. The summed E-state index contributed by atoms with van der Waals surface area (Å²) in [7, 11) is 0. The number of hydrogen-bond acceptors (Lipinski definition) is 4. The van der Waals surface area contributed by atoms with Gasteiger partial charge >= 0.3 is 5.97 Å². The second-order valence-electron chi connectivity index (χ2n) is 4.14. The first-order valence-corrected chi connectivity index (χ1v) is 5.68. The third-order valence-corrected chi connectivity index (χ3v) is 2.80. The smallest absolute Gasteiger partial charge is 0.320 e. The molecule has 1 heterocycles. The normalized spacial score (nSPS) is 15.4. The zero-order valence-electron chi connectivity index (χ0n) is 9.94. The SMILES string of the molecule is NC(Cc1cc2c(cc1C(F)F)OCCO2)C(=O)O. The van der Waals surface area contributed by atoms with Crippen LogP contribution in [0.15, 0.2) is 12.1 Å². The van der Waals surface area contributed by atoms with E-state index < -0.39 is 18.4 Å². The van der Waals surface area contributed by atoms with E-state index in [4.69, 9.17) is 20.3 Å². The van der Waals surface area contributed by atoms with E-state index in [2.05, 4.69) is 0 Å². The fourth-order valence-electron chi connectivity index (χ4n) is 1.85. The van der Waals surface area contributed by atoms with E-state index in [0.29, 0.717) is 19.0 Å². The standard InChI is InChI=1S/C12H13F2NO4/c13-11(14)7-5-10-9(18-1-2-19-10)4-6(7)3-8(15)12(16)17/h4-5,8,11H,1-3,15H2,(H,16,17). The molecule has 0 fully saturated rings. The maximum Gasteiger partial charge on any atom is 0.320 e. The number of fused-ring (bicyclic) bond motifs is 1. The van der Waals surface area contributed by atoms with Crippen molar-refractivity contribution < 1.29 is 28.2 Å². The van der Waals surface area contributed by atoms with Gasteiger partial charge in [-0.1, -0.05) is 0 Å². The van der Waals surface area contributed by atoms with Gasteiger partial charge in [-0.05, 0) is 24.1 Å². The molecule has 1 atom stereocenters. The van der Waals surface area contributed by atoms with E-state index in [1.807, 2.05) is 0 Å². The molecule has 3 N–H and O–H groups in total. The Morgan fingerprint density at radius 3 is 2.42 bits per heavy atom. The Balaban J connectivity index is 2.37. The van der Waals surface area contributed by atoms with Crippen LogP contribution in [0, 0.1) is 0 Å². The molecular weight excluding hydrogens is 260 g/mol. The summed E-state index contributed by atoms with van der Waals surface area (Å²) >= 11 is 0. The molecule has 0 spiro atoms. The molecular formula is C12H13F2NO4. The largest absolute Gasteiger partial charge is 0.486 e. The average Bonchev–Trinajstić information content (AvgIpc) is 2.37. The van der Waals surface area contributed by atoms with E-state index in [1.54, 1.807) is 0 Å². The Morgan fingerprint density at radius 2 is 1.89 bits per heavy atom. The topological polar surface area (TPSA) is 81.8 Å². The van der Waals surface area contributed by atoms with Crippen molar-refractivity contribution in [2.24, 2.45) is 5.73 Å². The number of hydrogen-bond donors (Lipinski definition) is 2. The Bertz CT molecular complexity index is 493. The third kappa shape index (κ3) is 2.93. The van der Waals surface area contributed by atoms with Gasteiger partial charge < -0.3 is 20.3 Å². The van der Waals surface area contributed by atoms with Crippen molar-refractivity contribution in [2.45, 2.75) is 18.9 Å². The number of carboxylic acid groups (broad SMARTS) is 1. The minimum absolute atomic E-state index is 0.161. The van der Waals surface area contributed by atoms with Crippen molar-refractivity contribution in [3.63, 3.8) is 0 Å². The van der Waals surface area contributed by atoms with Crippen molar-refractivity contribution in [3.05, 3.63) is 23.3 Å². The lowest BCUT2D eigenvalue weighted by Gasteiger charge is -2.21. The first kappa shape index (κ1) is 13.5. The van der Waals surface area contributed by atoms with Crippen LogP contribution < -0.4 is 15.2 Å². The van der Waals surface area contributed by atoms with Crippen molar-refractivity contribution in [1.29, 1.82) is 0 Å². The average molecular weight is 273 g/mol. The van der Waals surface area contributed by atoms with Gasteiger partial charge in [-0.3, -0.25) is 4.79 Å². The van der Waals surface area contributed by atoms with Gasteiger partial charge in [0, 0.05) is 5.56 Å². The number of carboxylic acids is 1. The Labute approximate surface area is 107 Å². The monoisotopic (exact) mass is 273 g/mol. The molecule has 0 saturated carbocycles. The highest BCUT2D eigenvalue weighted by Crippen LogP contribution is 2.37. The van der Waals surface area contributed by atoms with Gasteiger partial charge in [-0.2, -0.15) is 0 Å². The number of aliphatic carboxylic acids is 1. The molecule has 5 nitrogen and oxygen atoms in total. The van der Waals surface area contributed by atoms with Gasteiger partial charge in [-0.25, -0.2) is 8.78 Å². The Kier molecular flexibility index (Phi) is 3.84. The van der Waals surface area contributed by atoms with Crippen molar-refractivity contribution in [3.8, 4) is 11.5 Å². The minimum Gasteiger partial charge on any atom is -0.486 e. The van der Waals surface area contributed by atoms with Gasteiger partial charge in [0.05, 0.1) is 0 Å². The fraction of sp³-hybridized carbons (Fsp3) is 0.417. The molecule has 0 saturated heterocycles. The first-order chi connectivity index (χ1) is 8.99. The molecule has 7 heteroatoms. The Hall–Kier alpha value is -1.89. The van der Waals surface area contributed by atoms with Crippen molar-refractivity contribution in [1.82, 2.24) is 0 Å². The zero-order chi connectivity index (χ0) is 14.0. The molecule has 104 valence electrons. The molecule has 1 aromatic carbocycles. The van der Waals surface area contributed by atoms with Crippen LogP contribution in [-0.2, 0) is 11.2 Å². The first-order valence-electron chi connectivity index (χ1n) is 5.68. The molecule has 2 rings (SSSR count). The van der Waals surface area contributed by atoms with Crippen LogP contribution in [-0.4, -0.2) is 30.3 Å². The van der Waals surface area contributed by atoms with E-state index >= 15 is 0 Å². The molecule has 1 aliphatic heterocycles. The van der Waals surface area contributed by atoms with Gasteiger partial charge in [0.15, 0.2) is 11.5 Å². The van der Waals surface area contributed by atoms with E-state index in [9.17, 15) is 13.6 Å². The summed E-state index contributed by atoms with van der Waals surface area (Å²) in [4.78, 5) is 10.7. The maximum absolute atomic E-state index is 13.0. The van der Waals surface area contributed by atoms with E-state index in [0.717, 1.165) is 0 Å². The lowest BCUT2D eigenvalue weighted by atomic mass is 9.99. The number of halogens is 2. The highest BCUT2D eigenvalue weighted by molar-refractivity contribution is 5.73. The zero-order valence-corrected chi connectivity index (χ0v) is 9.94. The molecule has 1 aromatic rings. The molecule has 0 amide bonds. The molecule has 1 unspecified atom stereocenters. The van der Waals surface area contributed by atoms with Crippen LogP contribution in [0.4, 0.5) is 8.78 Å². The lowest BCUT2D eigenvalue weighted by molar-refractivity contribution is -0.138. The number of ether oxygens (including phenoxy) is 2. The summed E-state index contributed by atoms with van der Waals surface area (Å²) in [5.41, 5.74) is 5.26. The van der Waals surface area contributed by atoms with E-state index in [1.165, 1.54) is 12.1 Å².